The smallest absolute Gasteiger partial charge is 0.319 e. The number of esters is 1. The molecule has 9 nitrogen and oxygen atoms in total. The van der Waals surface area contributed by atoms with Gasteiger partial charge in [-0.05, 0) is 45.0 Å². The summed E-state index contributed by atoms with van der Waals surface area (Å²) < 4.78 is 39.2. The normalized spacial score (nSPS) is 16.4. The molecule has 164 valence electrons. The number of benzene rings is 1. The van der Waals surface area contributed by atoms with Gasteiger partial charge in [-0.25, -0.2) is 8.42 Å². The van der Waals surface area contributed by atoms with E-state index in [1.54, 1.807) is 38.1 Å². The second kappa shape index (κ2) is 9.90. The number of morpholine rings is 1. The van der Waals surface area contributed by atoms with E-state index < -0.39 is 15.3 Å². The maximum absolute atomic E-state index is 12.8. The number of rotatable bonds is 8. The zero-order valence-electron chi connectivity index (χ0n) is 17.3. The zero-order valence-corrected chi connectivity index (χ0v) is 18.9. The topological polar surface area (TPSA) is 104 Å². The van der Waals surface area contributed by atoms with Crippen LogP contribution in [0.1, 0.15) is 20.8 Å². The maximum Gasteiger partial charge on any atom is 0.319 e. The van der Waals surface area contributed by atoms with E-state index in [0.29, 0.717) is 50.4 Å². The molecule has 1 aliphatic rings. The summed E-state index contributed by atoms with van der Waals surface area (Å²) in [5.41, 5.74) is 0.751. The number of ether oxygens (including phenoxy) is 2. The Bertz CT molecular complexity index is 969. The molecular formula is C19H26N4O5S2. The van der Waals surface area contributed by atoms with Gasteiger partial charge in [0, 0.05) is 25.2 Å². The molecule has 11 heteroatoms. The van der Waals surface area contributed by atoms with Crippen LogP contribution in [0.4, 0.5) is 0 Å². The quantitative estimate of drug-likeness (QED) is 0.441. The Morgan fingerprint density at radius 1 is 1.20 bits per heavy atom. The highest BCUT2D eigenvalue weighted by Crippen LogP contribution is 2.28. The van der Waals surface area contributed by atoms with Crippen molar-refractivity contribution in [3.63, 3.8) is 0 Å². The SMILES string of the molecule is CCOC(=O)C(C)Sc1nnc(-c2ccc(S(=O)(=O)N3CCOCC3)cc2)n1CC. The van der Waals surface area contributed by atoms with Crippen LogP contribution in [0.3, 0.4) is 0 Å². The van der Waals surface area contributed by atoms with Crippen LogP contribution < -0.4 is 0 Å². The molecule has 0 bridgehead atoms. The van der Waals surface area contributed by atoms with Crippen LogP contribution in [0, 0.1) is 0 Å². The van der Waals surface area contributed by atoms with Crippen molar-refractivity contribution in [2.75, 3.05) is 32.9 Å². The molecule has 0 amide bonds. The Morgan fingerprint density at radius 3 is 2.47 bits per heavy atom. The van der Waals surface area contributed by atoms with E-state index >= 15 is 0 Å². The Balaban J connectivity index is 1.81. The highest BCUT2D eigenvalue weighted by atomic mass is 32.2. The third kappa shape index (κ3) is 4.85. The van der Waals surface area contributed by atoms with Gasteiger partial charge in [-0.2, -0.15) is 4.31 Å². The second-order valence-corrected chi connectivity index (χ2v) is 9.85. The third-order valence-corrected chi connectivity index (χ3v) is 7.63. The van der Waals surface area contributed by atoms with Crippen molar-refractivity contribution in [2.24, 2.45) is 0 Å². The zero-order chi connectivity index (χ0) is 21.7. The molecule has 1 saturated heterocycles. The maximum atomic E-state index is 12.8. The molecule has 0 aliphatic carbocycles. The molecule has 1 aliphatic heterocycles. The second-order valence-electron chi connectivity index (χ2n) is 6.60. The number of hydrogen-bond acceptors (Lipinski definition) is 8. The molecule has 2 heterocycles. The minimum atomic E-state index is -3.55. The van der Waals surface area contributed by atoms with Crippen molar-refractivity contribution in [3.05, 3.63) is 24.3 Å². The van der Waals surface area contributed by atoms with Crippen LogP contribution in [0.5, 0.6) is 0 Å². The number of thioether (sulfide) groups is 1. The molecule has 2 aromatic rings. The Hall–Kier alpha value is -1.95. The molecule has 1 aromatic heterocycles. The molecule has 0 radical (unpaired) electrons. The first kappa shape index (κ1) is 22.7. The Labute approximate surface area is 180 Å². The largest absolute Gasteiger partial charge is 0.465 e. The molecule has 30 heavy (non-hydrogen) atoms. The van der Waals surface area contributed by atoms with Crippen LogP contribution >= 0.6 is 11.8 Å². The van der Waals surface area contributed by atoms with Crippen molar-refractivity contribution in [2.45, 2.75) is 42.6 Å². The molecule has 1 aromatic carbocycles. The van der Waals surface area contributed by atoms with Crippen LogP contribution in [0.2, 0.25) is 0 Å². The first-order chi connectivity index (χ1) is 14.4. The van der Waals surface area contributed by atoms with Gasteiger partial charge in [0.2, 0.25) is 10.0 Å². The number of nitrogens with zero attached hydrogens (tertiary/aromatic N) is 4. The lowest BCUT2D eigenvalue weighted by atomic mass is 10.2. The van der Waals surface area contributed by atoms with Gasteiger partial charge in [0.15, 0.2) is 11.0 Å². The van der Waals surface area contributed by atoms with E-state index in [2.05, 4.69) is 10.2 Å². The van der Waals surface area contributed by atoms with Gasteiger partial charge in [0.25, 0.3) is 0 Å². The van der Waals surface area contributed by atoms with Crippen LogP contribution in [-0.4, -0.2) is 71.6 Å². The van der Waals surface area contributed by atoms with Gasteiger partial charge in [-0.1, -0.05) is 11.8 Å². The highest BCUT2D eigenvalue weighted by molar-refractivity contribution is 8.00. The van der Waals surface area contributed by atoms with Crippen LogP contribution in [0.25, 0.3) is 11.4 Å². The van der Waals surface area contributed by atoms with Crippen molar-refractivity contribution in [1.82, 2.24) is 19.1 Å². The molecular weight excluding hydrogens is 428 g/mol. The molecule has 0 saturated carbocycles. The van der Waals surface area contributed by atoms with E-state index in [0.717, 1.165) is 5.56 Å². The van der Waals surface area contributed by atoms with E-state index in [1.807, 2.05) is 11.5 Å². The fourth-order valence-electron chi connectivity index (χ4n) is 3.05. The van der Waals surface area contributed by atoms with Crippen LogP contribution in [0.15, 0.2) is 34.3 Å². The van der Waals surface area contributed by atoms with Crippen molar-refractivity contribution in [1.29, 1.82) is 0 Å². The number of carbonyl (C=O) groups excluding carboxylic acids is 1. The predicted molar refractivity (Wildman–Crippen MR) is 113 cm³/mol. The summed E-state index contributed by atoms with van der Waals surface area (Å²) >= 11 is 1.28. The summed E-state index contributed by atoms with van der Waals surface area (Å²) in [7, 11) is -3.55. The number of sulfonamides is 1. The molecule has 1 unspecified atom stereocenters. The van der Waals surface area contributed by atoms with Crippen molar-refractivity contribution < 1.29 is 22.7 Å². The lowest BCUT2D eigenvalue weighted by Gasteiger charge is -2.26. The Morgan fingerprint density at radius 2 is 1.87 bits per heavy atom. The van der Waals surface area contributed by atoms with Gasteiger partial charge < -0.3 is 14.0 Å². The number of hydrogen-bond donors (Lipinski definition) is 0. The predicted octanol–water partition coefficient (Wildman–Crippen LogP) is 2.03. The average Bonchev–Trinajstić information content (AvgIpc) is 3.17. The number of carbonyl (C=O) groups is 1. The third-order valence-electron chi connectivity index (χ3n) is 4.65. The summed E-state index contributed by atoms with van der Waals surface area (Å²) in [5, 5.41) is 8.68. The first-order valence-corrected chi connectivity index (χ1v) is 12.1. The highest BCUT2D eigenvalue weighted by Gasteiger charge is 2.26. The molecule has 1 fully saturated rings. The number of aromatic nitrogens is 3. The molecule has 0 spiro atoms. The van der Waals surface area contributed by atoms with Gasteiger partial charge >= 0.3 is 5.97 Å². The van der Waals surface area contributed by atoms with E-state index in [9.17, 15) is 13.2 Å². The minimum Gasteiger partial charge on any atom is -0.465 e. The summed E-state index contributed by atoms with van der Waals surface area (Å²) in [6, 6.07) is 6.63. The molecule has 0 N–H and O–H groups in total. The summed E-state index contributed by atoms with van der Waals surface area (Å²) in [5.74, 6) is 0.318. The lowest BCUT2D eigenvalue weighted by Crippen LogP contribution is -2.40. The van der Waals surface area contributed by atoms with Crippen LogP contribution in [-0.2, 0) is 30.8 Å². The summed E-state index contributed by atoms with van der Waals surface area (Å²) in [4.78, 5) is 12.2. The minimum absolute atomic E-state index is 0.237. The van der Waals surface area contributed by atoms with E-state index in [1.165, 1.54) is 16.1 Å². The van der Waals surface area contributed by atoms with Crippen molar-refractivity contribution in [3.8, 4) is 11.4 Å². The fourth-order valence-corrected chi connectivity index (χ4v) is 5.37. The van der Waals surface area contributed by atoms with Crippen molar-refractivity contribution >= 4 is 27.8 Å². The van der Waals surface area contributed by atoms with Gasteiger partial charge in [-0.3, -0.25) is 4.79 Å². The molecule has 1 atom stereocenters. The Kier molecular flexibility index (Phi) is 7.50. The monoisotopic (exact) mass is 454 g/mol. The first-order valence-electron chi connectivity index (χ1n) is 9.83. The fraction of sp³-hybridized carbons (Fsp3) is 0.526. The summed E-state index contributed by atoms with van der Waals surface area (Å²) in [6.07, 6.45) is 0. The standard InChI is InChI=1S/C19H26N4O5S2/c1-4-23-17(20-21-19(23)29-14(3)18(24)28-5-2)15-6-8-16(9-7-15)30(25,26)22-10-12-27-13-11-22/h6-9,14H,4-5,10-13H2,1-3H3. The van der Waals surface area contributed by atoms with Gasteiger partial charge in [0.1, 0.15) is 5.25 Å². The summed E-state index contributed by atoms with van der Waals surface area (Å²) in [6.45, 7) is 7.95. The average molecular weight is 455 g/mol. The molecule has 3 rings (SSSR count). The van der Waals surface area contributed by atoms with E-state index in [4.69, 9.17) is 9.47 Å². The van der Waals surface area contributed by atoms with E-state index in [-0.39, 0.29) is 10.9 Å². The van der Waals surface area contributed by atoms with Gasteiger partial charge in [-0.15, -0.1) is 10.2 Å². The lowest BCUT2D eigenvalue weighted by molar-refractivity contribution is -0.142. The van der Waals surface area contributed by atoms with Gasteiger partial charge in [0.05, 0.1) is 24.7 Å².